The standard InChI is InChI=1S/C20H22F3N3O2/c1-13-5-7-14(8-6-13)18(24)19(27)25-15-9-10-26(12-15)16-3-2-4-17(11-16)28-20(21,22)23/h2-8,11,15,18H,9-10,12,24H2,1H3,(H,25,27). The van der Waals surface area contributed by atoms with E-state index in [1.54, 1.807) is 6.07 Å². The molecule has 8 heteroatoms. The van der Waals surface area contributed by atoms with Crippen LogP contribution in [0.15, 0.2) is 48.5 Å². The van der Waals surface area contributed by atoms with Crippen LogP contribution in [-0.2, 0) is 4.79 Å². The summed E-state index contributed by atoms with van der Waals surface area (Å²) in [6.45, 7) is 3.05. The van der Waals surface area contributed by atoms with Gasteiger partial charge in [0.1, 0.15) is 11.8 Å². The van der Waals surface area contributed by atoms with E-state index < -0.39 is 12.4 Å². The van der Waals surface area contributed by atoms with Crippen molar-refractivity contribution in [3.05, 3.63) is 59.7 Å². The van der Waals surface area contributed by atoms with Crippen LogP contribution in [0.25, 0.3) is 0 Å². The van der Waals surface area contributed by atoms with Gasteiger partial charge < -0.3 is 20.7 Å². The predicted octanol–water partition coefficient (Wildman–Crippen LogP) is 3.29. The largest absolute Gasteiger partial charge is 0.573 e. The Bertz CT molecular complexity index is 824. The fourth-order valence-electron chi connectivity index (χ4n) is 3.21. The molecule has 2 unspecified atom stereocenters. The fraction of sp³-hybridized carbons (Fsp3) is 0.350. The highest BCUT2D eigenvalue weighted by Crippen LogP contribution is 2.28. The Morgan fingerprint density at radius 1 is 1.25 bits per heavy atom. The maximum atomic E-state index is 12.4. The number of carbonyl (C=O) groups excluding carboxylic acids is 1. The van der Waals surface area contributed by atoms with E-state index in [0.717, 1.165) is 11.1 Å². The lowest BCUT2D eigenvalue weighted by Gasteiger charge is -2.21. The minimum Gasteiger partial charge on any atom is -0.406 e. The molecule has 1 amide bonds. The van der Waals surface area contributed by atoms with Crippen molar-refractivity contribution in [3.63, 3.8) is 0 Å². The molecule has 3 N–H and O–H groups in total. The lowest BCUT2D eigenvalue weighted by molar-refractivity contribution is -0.274. The number of hydrogen-bond acceptors (Lipinski definition) is 4. The van der Waals surface area contributed by atoms with Crippen molar-refractivity contribution in [1.82, 2.24) is 5.32 Å². The molecule has 1 fully saturated rings. The number of amides is 1. The first-order chi connectivity index (χ1) is 13.2. The van der Waals surface area contributed by atoms with Gasteiger partial charge in [0.15, 0.2) is 0 Å². The Morgan fingerprint density at radius 2 is 1.96 bits per heavy atom. The number of halogens is 3. The summed E-state index contributed by atoms with van der Waals surface area (Å²) >= 11 is 0. The molecule has 3 rings (SSSR count). The molecular weight excluding hydrogens is 371 g/mol. The monoisotopic (exact) mass is 393 g/mol. The zero-order valence-corrected chi connectivity index (χ0v) is 15.4. The van der Waals surface area contributed by atoms with E-state index in [0.29, 0.717) is 25.2 Å². The van der Waals surface area contributed by atoms with Crippen molar-refractivity contribution >= 4 is 11.6 Å². The topological polar surface area (TPSA) is 67.6 Å². The number of nitrogens with one attached hydrogen (secondary N) is 1. The van der Waals surface area contributed by atoms with Crippen LogP contribution in [0.5, 0.6) is 5.75 Å². The molecule has 28 heavy (non-hydrogen) atoms. The van der Waals surface area contributed by atoms with Gasteiger partial charge in [0.05, 0.1) is 0 Å². The van der Waals surface area contributed by atoms with Crippen LogP contribution in [0, 0.1) is 6.92 Å². The Morgan fingerprint density at radius 3 is 2.64 bits per heavy atom. The molecule has 2 aromatic carbocycles. The zero-order chi connectivity index (χ0) is 20.3. The average Bonchev–Trinajstić information content (AvgIpc) is 3.09. The van der Waals surface area contributed by atoms with Crippen molar-refractivity contribution in [3.8, 4) is 5.75 Å². The predicted molar refractivity (Wildman–Crippen MR) is 100.0 cm³/mol. The van der Waals surface area contributed by atoms with E-state index in [4.69, 9.17) is 5.73 Å². The molecule has 2 atom stereocenters. The quantitative estimate of drug-likeness (QED) is 0.818. The molecule has 0 bridgehead atoms. The Kier molecular flexibility index (Phi) is 5.79. The van der Waals surface area contributed by atoms with E-state index in [9.17, 15) is 18.0 Å². The summed E-state index contributed by atoms with van der Waals surface area (Å²) < 4.78 is 41.2. The molecule has 150 valence electrons. The fourth-order valence-corrected chi connectivity index (χ4v) is 3.21. The summed E-state index contributed by atoms with van der Waals surface area (Å²) in [7, 11) is 0. The minimum absolute atomic E-state index is 0.129. The van der Waals surface area contributed by atoms with Crippen LogP contribution in [0.2, 0.25) is 0 Å². The molecule has 0 radical (unpaired) electrons. The first-order valence-electron chi connectivity index (χ1n) is 8.94. The van der Waals surface area contributed by atoms with Crippen molar-refractivity contribution in [2.75, 3.05) is 18.0 Å². The van der Waals surface area contributed by atoms with Gasteiger partial charge in [0, 0.05) is 30.9 Å². The van der Waals surface area contributed by atoms with E-state index >= 15 is 0 Å². The number of rotatable bonds is 5. The molecule has 2 aromatic rings. The zero-order valence-electron chi connectivity index (χ0n) is 15.4. The number of anilines is 1. The highest BCUT2D eigenvalue weighted by atomic mass is 19.4. The molecule has 1 saturated heterocycles. The van der Waals surface area contributed by atoms with Gasteiger partial charge in [-0.3, -0.25) is 4.79 Å². The second-order valence-electron chi connectivity index (χ2n) is 6.87. The lowest BCUT2D eigenvalue weighted by Crippen LogP contribution is -2.42. The third-order valence-corrected chi connectivity index (χ3v) is 4.67. The van der Waals surface area contributed by atoms with Crippen molar-refractivity contribution < 1.29 is 22.7 Å². The van der Waals surface area contributed by atoms with Gasteiger partial charge in [-0.05, 0) is 31.0 Å². The number of ether oxygens (including phenoxy) is 1. The SMILES string of the molecule is Cc1ccc(C(N)C(=O)NC2CCN(c3cccc(OC(F)(F)F)c3)C2)cc1. The van der Waals surface area contributed by atoms with Crippen LogP contribution in [0.4, 0.5) is 18.9 Å². The van der Waals surface area contributed by atoms with Gasteiger partial charge in [0.2, 0.25) is 5.91 Å². The molecular formula is C20H22F3N3O2. The van der Waals surface area contributed by atoms with Gasteiger partial charge in [-0.1, -0.05) is 35.9 Å². The van der Waals surface area contributed by atoms with E-state index in [1.807, 2.05) is 36.1 Å². The van der Waals surface area contributed by atoms with Crippen molar-refractivity contribution in [2.24, 2.45) is 5.73 Å². The number of benzene rings is 2. The van der Waals surface area contributed by atoms with Gasteiger partial charge in [-0.2, -0.15) is 0 Å². The van der Waals surface area contributed by atoms with Gasteiger partial charge in [-0.25, -0.2) is 0 Å². The lowest BCUT2D eigenvalue weighted by atomic mass is 10.0. The average molecular weight is 393 g/mol. The summed E-state index contributed by atoms with van der Waals surface area (Å²) in [4.78, 5) is 14.3. The summed E-state index contributed by atoms with van der Waals surface area (Å²) in [5.41, 5.74) is 8.47. The number of nitrogens with two attached hydrogens (primary N) is 1. The normalized spacial score (nSPS) is 18.0. The van der Waals surface area contributed by atoms with E-state index in [-0.39, 0.29) is 17.7 Å². The third kappa shape index (κ3) is 5.16. The summed E-state index contributed by atoms with van der Waals surface area (Å²) in [5.74, 6) is -0.538. The summed E-state index contributed by atoms with van der Waals surface area (Å²) in [6, 6.07) is 12.4. The number of hydrogen-bond donors (Lipinski definition) is 2. The van der Waals surface area contributed by atoms with Gasteiger partial charge >= 0.3 is 6.36 Å². The third-order valence-electron chi connectivity index (χ3n) is 4.67. The summed E-state index contributed by atoms with van der Waals surface area (Å²) in [6.07, 6.45) is -4.05. The minimum atomic E-state index is -4.73. The van der Waals surface area contributed by atoms with Gasteiger partial charge in [0.25, 0.3) is 0 Å². The molecule has 0 saturated carbocycles. The maximum Gasteiger partial charge on any atom is 0.573 e. The molecule has 0 aromatic heterocycles. The smallest absolute Gasteiger partial charge is 0.406 e. The Labute approximate surface area is 161 Å². The first-order valence-corrected chi connectivity index (χ1v) is 8.94. The van der Waals surface area contributed by atoms with Gasteiger partial charge in [-0.15, -0.1) is 13.2 Å². The van der Waals surface area contributed by atoms with Crippen LogP contribution >= 0.6 is 0 Å². The van der Waals surface area contributed by atoms with Crippen LogP contribution in [0.1, 0.15) is 23.6 Å². The van der Waals surface area contributed by atoms with Crippen LogP contribution in [0.3, 0.4) is 0 Å². The number of carbonyl (C=O) groups is 1. The Balaban J connectivity index is 1.58. The highest BCUT2D eigenvalue weighted by molar-refractivity contribution is 5.83. The summed E-state index contributed by atoms with van der Waals surface area (Å²) in [5, 5.41) is 2.93. The second-order valence-corrected chi connectivity index (χ2v) is 6.87. The maximum absolute atomic E-state index is 12.4. The highest BCUT2D eigenvalue weighted by Gasteiger charge is 2.32. The number of alkyl halides is 3. The Hall–Kier alpha value is -2.74. The number of aryl methyl sites for hydroxylation is 1. The molecule has 0 aliphatic carbocycles. The molecule has 1 heterocycles. The molecule has 5 nitrogen and oxygen atoms in total. The second kappa shape index (κ2) is 8.10. The van der Waals surface area contributed by atoms with Crippen LogP contribution < -0.4 is 20.7 Å². The molecule has 1 aliphatic heterocycles. The molecule has 0 spiro atoms. The first kappa shape index (κ1) is 20.0. The number of nitrogens with zero attached hydrogens (tertiary/aromatic N) is 1. The van der Waals surface area contributed by atoms with Crippen molar-refractivity contribution in [1.29, 1.82) is 0 Å². The van der Waals surface area contributed by atoms with Crippen molar-refractivity contribution in [2.45, 2.75) is 31.8 Å². The van der Waals surface area contributed by atoms with E-state index in [2.05, 4.69) is 10.1 Å². The van der Waals surface area contributed by atoms with E-state index in [1.165, 1.54) is 18.2 Å². The van der Waals surface area contributed by atoms with Crippen LogP contribution in [-0.4, -0.2) is 31.4 Å². The molecule has 1 aliphatic rings.